The molecule has 2 N–H and O–H groups in total. The molecule has 0 amide bonds. The van der Waals surface area contributed by atoms with Crippen molar-refractivity contribution < 1.29 is 14.3 Å². The van der Waals surface area contributed by atoms with E-state index in [0.29, 0.717) is 28.1 Å². The van der Waals surface area contributed by atoms with Gasteiger partial charge < -0.3 is 15.2 Å². The standard InChI is InChI=1S/C12H14BrNO3/c1-16-11-8(4-3-5-14)6-10(13)9(7-15)12(11)17-2/h3-4,6-7H,5,14H2,1-2H3/b4-3+. The Bertz CT molecular complexity index is 444. The lowest BCUT2D eigenvalue weighted by Gasteiger charge is -2.14. The molecule has 0 fully saturated rings. The summed E-state index contributed by atoms with van der Waals surface area (Å²) >= 11 is 3.32. The summed E-state index contributed by atoms with van der Waals surface area (Å²) in [5.74, 6) is 0.927. The minimum atomic E-state index is 0.411. The maximum atomic E-state index is 11.0. The first-order chi connectivity index (χ1) is 8.19. The van der Waals surface area contributed by atoms with Gasteiger partial charge in [0.15, 0.2) is 17.8 Å². The highest BCUT2D eigenvalue weighted by Crippen LogP contribution is 2.39. The van der Waals surface area contributed by atoms with Gasteiger partial charge in [-0.05, 0) is 22.0 Å². The first kappa shape index (κ1) is 13.7. The first-order valence-corrected chi connectivity index (χ1v) is 5.75. The summed E-state index contributed by atoms with van der Waals surface area (Å²) in [7, 11) is 3.02. The molecule has 0 aliphatic heterocycles. The zero-order valence-corrected chi connectivity index (χ0v) is 11.3. The molecule has 0 radical (unpaired) electrons. The summed E-state index contributed by atoms with van der Waals surface area (Å²) < 4.78 is 11.1. The molecule has 0 unspecified atom stereocenters. The molecule has 0 saturated heterocycles. The SMILES string of the molecule is COc1c(/C=C/CN)cc(Br)c(C=O)c1OC. The van der Waals surface area contributed by atoms with Crippen LogP contribution in [0.4, 0.5) is 0 Å². The number of methoxy groups -OCH3 is 2. The van der Waals surface area contributed by atoms with E-state index in [0.717, 1.165) is 11.8 Å². The van der Waals surface area contributed by atoms with Gasteiger partial charge in [0, 0.05) is 16.6 Å². The molecule has 0 saturated carbocycles. The van der Waals surface area contributed by atoms with Crippen molar-refractivity contribution in [3.63, 3.8) is 0 Å². The normalized spacial score (nSPS) is 10.6. The third kappa shape index (κ3) is 2.87. The van der Waals surface area contributed by atoms with Crippen LogP contribution >= 0.6 is 15.9 Å². The highest BCUT2D eigenvalue weighted by Gasteiger charge is 2.16. The topological polar surface area (TPSA) is 61.5 Å². The molecule has 5 heteroatoms. The number of carbonyl (C=O) groups is 1. The molecule has 0 atom stereocenters. The van der Waals surface area contributed by atoms with Gasteiger partial charge in [-0.2, -0.15) is 0 Å². The lowest BCUT2D eigenvalue weighted by molar-refractivity contribution is 0.111. The van der Waals surface area contributed by atoms with Gasteiger partial charge in [-0.25, -0.2) is 0 Å². The quantitative estimate of drug-likeness (QED) is 0.847. The zero-order valence-electron chi connectivity index (χ0n) is 9.70. The fraction of sp³-hybridized carbons (Fsp3) is 0.250. The smallest absolute Gasteiger partial charge is 0.172 e. The summed E-state index contributed by atoms with van der Waals surface area (Å²) in [5.41, 5.74) is 6.63. The van der Waals surface area contributed by atoms with Gasteiger partial charge in [-0.1, -0.05) is 12.2 Å². The molecule has 0 spiro atoms. The summed E-state index contributed by atoms with van der Waals surface area (Å²) in [4.78, 5) is 11.0. The Labute approximate surface area is 109 Å². The minimum absolute atomic E-state index is 0.411. The average molecular weight is 300 g/mol. The highest BCUT2D eigenvalue weighted by atomic mass is 79.9. The lowest BCUT2D eigenvalue weighted by atomic mass is 10.1. The molecule has 1 aromatic rings. The molecule has 0 aliphatic carbocycles. The van der Waals surface area contributed by atoms with Crippen molar-refractivity contribution in [3.8, 4) is 11.5 Å². The number of hydrogen-bond donors (Lipinski definition) is 1. The van der Waals surface area contributed by atoms with E-state index in [1.807, 2.05) is 6.08 Å². The van der Waals surface area contributed by atoms with E-state index in [1.165, 1.54) is 14.2 Å². The van der Waals surface area contributed by atoms with Crippen LogP contribution < -0.4 is 15.2 Å². The summed E-state index contributed by atoms with van der Waals surface area (Å²) in [6.45, 7) is 0.429. The van der Waals surface area contributed by atoms with Gasteiger partial charge in [0.1, 0.15) is 0 Å². The molecule has 0 aromatic heterocycles. The van der Waals surface area contributed by atoms with Crippen molar-refractivity contribution in [1.29, 1.82) is 0 Å². The first-order valence-electron chi connectivity index (χ1n) is 4.95. The van der Waals surface area contributed by atoms with Crippen LogP contribution in [0.5, 0.6) is 11.5 Å². The Hall–Kier alpha value is -1.33. The Morgan fingerprint density at radius 3 is 2.47 bits per heavy atom. The van der Waals surface area contributed by atoms with Crippen LogP contribution in [-0.4, -0.2) is 27.1 Å². The van der Waals surface area contributed by atoms with E-state index in [4.69, 9.17) is 15.2 Å². The van der Waals surface area contributed by atoms with Gasteiger partial charge in [-0.3, -0.25) is 4.79 Å². The monoisotopic (exact) mass is 299 g/mol. The van der Waals surface area contributed by atoms with Crippen molar-refractivity contribution in [2.75, 3.05) is 20.8 Å². The molecular weight excluding hydrogens is 286 g/mol. The van der Waals surface area contributed by atoms with E-state index in [2.05, 4.69) is 15.9 Å². The van der Waals surface area contributed by atoms with Crippen LogP contribution in [0.1, 0.15) is 15.9 Å². The summed E-state index contributed by atoms with van der Waals surface area (Å²) in [5, 5.41) is 0. The summed E-state index contributed by atoms with van der Waals surface area (Å²) in [6, 6.07) is 1.79. The van der Waals surface area contributed by atoms with Crippen molar-refractivity contribution in [2.45, 2.75) is 0 Å². The molecule has 0 bridgehead atoms. The minimum Gasteiger partial charge on any atom is -0.492 e. The van der Waals surface area contributed by atoms with E-state index in [-0.39, 0.29) is 0 Å². The zero-order chi connectivity index (χ0) is 12.8. The van der Waals surface area contributed by atoms with Crippen LogP contribution in [0, 0.1) is 0 Å². The van der Waals surface area contributed by atoms with Crippen LogP contribution in [0.25, 0.3) is 6.08 Å². The van der Waals surface area contributed by atoms with Crippen molar-refractivity contribution in [3.05, 3.63) is 27.7 Å². The Balaban J connectivity index is 3.47. The van der Waals surface area contributed by atoms with Gasteiger partial charge in [0.2, 0.25) is 0 Å². The lowest BCUT2D eigenvalue weighted by Crippen LogP contribution is -1.99. The number of rotatable bonds is 5. The maximum absolute atomic E-state index is 11.0. The number of aldehydes is 1. The number of nitrogens with two attached hydrogens (primary N) is 1. The molecule has 0 heterocycles. The molecule has 4 nitrogen and oxygen atoms in total. The number of hydrogen-bond acceptors (Lipinski definition) is 4. The second-order valence-corrected chi connectivity index (χ2v) is 4.04. The predicted molar refractivity (Wildman–Crippen MR) is 70.7 cm³/mol. The number of benzene rings is 1. The van der Waals surface area contributed by atoms with Crippen LogP contribution in [-0.2, 0) is 0 Å². The van der Waals surface area contributed by atoms with Gasteiger partial charge in [0.25, 0.3) is 0 Å². The largest absolute Gasteiger partial charge is 0.492 e. The van der Waals surface area contributed by atoms with E-state index in [1.54, 1.807) is 12.1 Å². The molecule has 1 aromatic carbocycles. The molecule has 92 valence electrons. The number of carbonyl (C=O) groups excluding carboxylic acids is 1. The van der Waals surface area contributed by atoms with Gasteiger partial charge in [0.05, 0.1) is 19.8 Å². The predicted octanol–water partition coefficient (Wildman–Crippen LogP) is 2.25. The van der Waals surface area contributed by atoms with E-state index in [9.17, 15) is 4.79 Å². The Kier molecular flexibility index (Phi) is 5.18. The van der Waals surface area contributed by atoms with Crippen LogP contribution in [0.2, 0.25) is 0 Å². The number of ether oxygens (including phenoxy) is 2. The van der Waals surface area contributed by atoms with Crippen LogP contribution in [0.3, 0.4) is 0 Å². The highest BCUT2D eigenvalue weighted by molar-refractivity contribution is 9.10. The van der Waals surface area contributed by atoms with Crippen molar-refractivity contribution in [1.82, 2.24) is 0 Å². The Morgan fingerprint density at radius 2 is 2.00 bits per heavy atom. The fourth-order valence-corrected chi connectivity index (χ4v) is 2.00. The van der Waals surface area contributed by atoms with Crippen LogP contribution in [0.15, 0.2) is 16.6 Å². The molecule has 0 aliphatic rings. The second-order valence-electron chi connectivity index (χ2n) is 3.18. The third-order valence-corrected chi connectivity index (χ3v) is 2.87. The average Bonchev–Trinajstić information content (AvgIpc) is 2.35. The summed E-state index contributed by atoms with van der Waals surface area (Å²) in [6.07, 6.45) is 4.34. The van der Waals surface area contributed by atoms with E-state index >= 15 is 0 Å². The van der Waals surface area contributed by atoms with Crippen molar-refractivity contribution >= 4 is 28.3 Å². The van der Waals surface area contributed by atoms with Gasteiger partial charge in [-0.15, -0.1) is 0 Å². The second kappa shape index (κ2) is 6.42. The molecular formula is C12H14BrNO3. The van der Waals surface area contributed by atoms with Crippen molar-refractivity contribution in [2.24, 2.45) is 5.73 Å². The molecule has 17 heavy (non-hydrogen) atoms. The fourth-order valence-electron chi connectivity index (χ4n) is 1.48. The molecule has 1 rings (SSSR count). The van der Waals surface area contributed by atoms with E-state index < -0.39 is 0 Å². The van der Waals surface area contributed by atoms with Gasteiger partial charge >= 0.3 is 0 Å². The number of halogens is 1. The maximum Gasteiger partial charge on any atom is 0.172 e. The third-order valence-electron chi connectivity index (χ3n) is 2.21. The Morgan fingerprint density at radius 1 is 1.35 bits per heavy atom.